The number of hydrogen-bond acceptors (Lipinski definition) is 0. The maximum atomic E-state index is 3.93. The van der Waals surface area contributed by atoms with Crippen molar-refractivity contribution in [3.63, 3.8) is 0 Å². The van der Waals surface area contributed by atoms with Gasteiger partial charge in [0.1, 0.15) is 0 Å². The molecule has 0 heterocycles. The van der Waals surface area contributed by atoms with Crippen molar-refractivity contribution in [3.8, 4) is 33.4 Å². The van der Waals surface area contributed by atoms with E-state index in [-0.39, 0.29) is 35.6 Å². The molecule has 2 aliphatic carbocycles. The van der Waals surface area contributed by atoms with Crippen LogP contribution in [0.2, 0.25) is 0 Å². The van der Waals surface area contributed by atoms with Gasteiger partial charge in [0.2, 0.25) is 0 Å². The largest absolute Gasteiger partial charge is 1.00 e. The van der Waals surface area contributed by atoms with Crippen molar-refractivity contribution < 1.29 is 49.0 Å². The molecule has 0 bridgehead atoms. The molecular weight excluding hydrogens is 847 g/mol. The molecule has 0 saturated heterocycles. The normalized spacial score (nSPS) is 12.2. The van der Waals surface area contributed by atoms with E-state index in [0.29, 0.717) is 0 Å². The summed E-state index contributed by atoms with van der Waals surface area (Å²) in [5.41, 5.74) is 21.8. The SMILES string of the molecule is Cc1ccc(C[C](=[Zr+2])Cc2ccc(C)cc2)cc1.Cc1ccccc1-c1[c-]c2c(cc1C(C)(C)C)-c1cc(C(C)(C)C)c(-c3ccccc3C)cc1C2.[C-]1=CC=CC1.[Cl-].[Cl-]. The number of allylic oxidation sites excluding steroid dienone is 4. The van der Waals surface area contributed by atoms with Crippen molar-refractivity contribution in [2.75, 3.05) is 0 Å². The molecule has 6 aromatic carbocycles. The fraction of sp³-hybridized carbons (Fsp3) is 0.281. The number of benzene rings is 6. The molecule has 0 amide bonds. The molecule has 6 aromatic rings. The predicted molar refractivity (Wildman–Crippen MR) is 248 cm³/mol. The maximum Gasteiger partial charge on any atom is -0.0126 e. The van der Waals surface area contributed by atoms with Crippen LogP contribution in [0.4, 0.5) is 0 Å². The van der Waals surface area contributed by atoms with Gasteiger partial charge < -0.3 is 24.8 Å². The van der Waals surface area contributed by atoms with E-state index in [9.17, 15) is 0 Å². The van der Waals surface area contributed by atoms with Crippen LogP contribution in [-0.4, -0.2) is 3.21 Å². The van der Waals surface area contributed by atoms with Crippen LogP contribution in [0.3, 0.4) is 0 Å². The second-order valence-electron chi connectivity index (χ2n) is 18.2. The Labute approximate surface area is 389 Å². The molecule has 0 N–H and O–H groups in total. The minimum absolute atomic E-state index is 0. The molecule has 0 aromatic heterocycles. The molecule has 0 nitrogen and oxygen atoms in total. The van der Waals surface area contributed by atoms with Crippen molar-refractivity contribution in [2.45, 2.75) is 106 Å². The van der Waals surface area contributed by atoms with Crippen molar-refractivity contribution in [1.82, 2.24) is 0 Å². The number of aryl methyl sites for hydroxylation is 4. The zero-order valence-corrected chi connectivity index (χ0v) is 41.3. The number of fused-ring (bicyclic) bond motifs is 3. The average molecular weight is 907 g/mol. The van der Waals surface area contributed by atoms with Crippen LogP contribution < -0.4 is 24.8 Å². The standard InChI is InChI=1S/C35H37.C17H18.C5H5.2ClH.Zr/c1-22-13-9-11-15-26(22)30-18-24-17-25-19-31(27-16-12-10-14-23(27)2)33(35(6,7)8)21-29(25)28(24)20-32(30)34(3,4)5;1-14-6-10-16(11-7-14)4-3-5-17-12-8-15(2)9-13-17;1-2-4-5-3-1;;;/h9-16,18,20-21H,17H2,1-8H3;6-13H,4-5H2,1-2H3;1-3H,4H2;2*1H;/q-1;;-1;;;+2/p-2. The van der Waals surface area contributed by atoms with Gasteiger partial charge in [-0.15, -0.1) is 35.2 Å². The summed E-state index contributed by atoms with van der Waals surface area (Å²) in [5.74, 6) is 0. The molecule has 0 spiro atoms. The van der Waals surface area contributed by atoms with E-state index in [4.69, 9.17) is 0 Å². The first-order valence-electron chi connectivity index (χ1n) is 20.9. The zero-order valence-electron chi connectivity index (χ0n) is 37.3. The molecule has 8 rings (SSSR count). The van der Waals surface area contributed by atoms with E-state index in [1.807, 2.05) is 12.2 Å². The van der Waals surface area contributed by atoms with Crippen LogP contribution in [0.1, 0.15) is 104 Å². The van der Waals surface area contributed by atoms with Gasteiger partial charge in [-0.2, -0.15) is 6.08 Å². The van der Waals surface area contributed by atoms with Crippen molar-refractivity contribution in [2.24, 2.45) is 0 Å². The van der Waals surface area contributed by atoms with E-state index in [2.05, 4.69) is 203 Å². The van der Waals surface area contributed by atoms with Crippen LogP contribution in [-0.2, 0) is 54.3 Å². The van der Waals surface area contributed by atoms with Gasteiger partial charge in [-0.3, -0.25) is 6.08 Å². The quantitative estimate of drug-likeness (QED) is 0.147. The Morgan fingerprint density at radius 1 is 0.567 bits per heavy atom. The minimum Gasteiger partial charge on any atom is -1.00 e. The second-order valence-corrected chi connectivity index (χ2v) is 20.0. The third kappa shape index (κ3) is 12.4. The first-order chi connectivity index (χ1) is 27.6. The minimum atomic E-state index is 0. The first-order valence-corrected chi connectivity index (χ1v) is 22.1. The summed E-state index contributed by atoms with van der Waals surface area (Å²) >= 11 is 1.55. The van der Waals surface area contributed by atoms with Crippen LogP contribution in [0.5, 0.6) is 0 Å². The second kappa shape index (κ2) is 21.3. The average Bonchev–Trinajstić information content (AvgIpc) is 3.88. The number of hydrogen-bond donors (Lipinski definition) is 0. The fourth-order valence-electron chi connectivity index (χ4n) is 7.88. The van der Waals surface area contributed by atoms with Crippen LogP contribution in [0, 0.1) is 39.8 Å². The summed E-state index contributed by atoms with van der Waals surface area (Å²) in [4.78, 5) is 0. The molecule has 0 saturated carbocycles. The summed E-state index contributed by atoms with van der Waals surface area (Å²) in [6.45, 7) is 22.7. The third-order valence-electron chi connectivity index (χ3n) is 11.2. The van der Waals surface area contributed by atoms with E-state index in [1.54, 1.807) is 27.4 Å². The van der Waals surface area contributed by atoms with Crippen LogP contribution in [0.25, 0.3) is 33.4 Å². The third-order valence-corrected chi connectivity index (χ3v) is 12.1. The van der Waals surface area contributed by atoms with E-state index >= 15 is 0 Å². The van der Waals surface area contributed by atoms with Gasteiger partial charge in [-0.1, -0.05) is 124 Å². The van der Waals surface area contributed by atoms with Crippen LogP contribution >= 0.6 is 0 Å². The Kier molecular flexibility index (Phi) is 17.3. The molecule has 0 radical (unpaired) electrons. The molecule has 0 atom stereocenters. The summed E-state index contributed by atoms with van der Waals surface area (Å²) < 4.78 is 1.61. The van der Waals surface area contributed by atoms with Gasteiger partial charge in [-0.25, -0.2) is 12.2 Å². The van der Waals surface area contributed by atoms with Gasteiger partial charge in [-0.05, 0) is 58.9 Å². The molecule has 0 aliphatic heterocycles. The number of halogens is 2. The first kappa shape index (κ1) is 48.8. The zero-order chi connectivity index (χ0) is 41.6. The molecule has 3 heteroatoms. The van der Waals surface area contributed by atoms with E-state index in [0.717, 1.165) is 25.7 Å². The topological polar surface area (TPSA) is 0 Å². The molecular formula is C57H60Cl2Zr-2. The summed E-state index contributed by atoms with van der Waals surface area (Å²) in [6.07, 6.45) is 13.2. The Bertz CT molecular complexity index is 2280. The van der Waals surface area contributed by atoms with Gasteiger partial charge in [0.15, 0.2) is 0 Å². The Morgan fingerprint density at radius 3 is 1.52 bits per heavy atom. The Morgan fingerprint density at radius 2 is 1.07 bits per heavy atom. The molecule has 2 aliphatic rings. The molecule has 308 valence electrons. The van der Waals surface area contributed by atoms with E-state index < -0.39 is 0 Å². The smallest absolute Gasteiger partial charge is 0.0126 e. The molecule has 60 heavy (non-hydrogen) atoms. The molecule has 0 unspecified atom stereocenters. The fourth-order valence-corrected chi connectivity index (χ4v) is 8.89. The predicted octanol–water partition coefficient (Wildman–Crippen LogP) is 8.73. The maximum absolute atomic E-state index is 3.93. The van der Waals surface area contributed by atoms with Gasteiger partial charge in [0, 0.05) is 0 Å². The Balaban J connectivity index is 0.000000265. The van der Waals surface area contributed by atoms with Gasteiger partial charge in [0.25, 0.3) is 0 Å². The Hall–Kier alpha value is -3.87. The number of rotatable bonds is 6. The van der Waals surface area contributed by atoms with Crippen molar-refractivity contribution >= 4 is 3.21 Å². The van der Waals surface area contributed by atoms with Gasteiger partial charge >= 0.3 is 125 Å². The van der Waals surface area contributed by atoms with E-state index in [1.165, 1.54) is 89.0 Å². The molecule has 0 fully saturated rings. The van der Waals surface area contributed by atoms with Crippen molar-refractivity contribution in [3.05, 3.63) is 201 Å². The summed E-state index contributed by atoms with van der Waals surface area (Å²) in [6, 6.07) is 46.7. The van der Waals surface area contributed by atoms with Crippen molar-refractivity contribution in [1.29, 1.82) is 0 Å². The van der Waals surface area contributed by atoms with Gasteiger partial charge in [0.05, 0.1) is 0 Å². The van der Waals surface area contributed by atoms with Crippen LogP contribution in [0.15, 0.2) is 133 Å². The monoisotopic (exact) mass is 904 g/mol. The summed E-state index contributed by atoms with van der Waals surface area (Å²) in [5, 5.41) is 0. The summed E-state index contributed by atoms with van der Waals surface area (Å²) in [7, 11) is 0.